The van der Waals surface area contributed by atoms with Gasteiger partial charge in [0.2, 0.25) is 0 Å². The highest BCUT2D eigenvalue weighted by Gasteiger charge is 2.25. The van der Waals surface area contributed by atoms with Crippen molar-refractivity contribution in [3.05, 3.63) is 60.1 Å². The molecule has 0 bridgehead atoms. The molecule has 0 saturated heterocycles. The summed E-state index contributed by atoms with van der Waals surface area (Å²) < 4.78 is 0. The van der Waals surface area contributed by atoms with Crippen molar-refractivity contribution in [1.29, 1.82) is 0 Å². The Morgan fingerprint density at radius 1 is 1.56 bits per heavy atom. The molecule has 2 aliphatic rings. The van der Waals surface area contributed by atoms with Gasteiger partial charge in [0.15, 0.2) is 0 Å². The first-order valence-electron chi connectivity index (χ1n) is 6.09. The molecule has 0 aromatic rings. The fourth-order valence-electron chi connectivity index (χ4n) is 2.01. The van der Waals surface area contributed by atoms with Gasteiger partial charge < -0.3 is 10.6 Å². The highest BCUT2D eigenvalue weighted by atomic mass is 15.1. The molecular weight excluding hydrogens is 222 g/mol. The first-order valence-corrected chi connectivity index (χ1v) is 6.09. The summed E-state index contributed by atoms with van der Waals surface area (Å²) in [5.41, 5.74) is 4.21. The van der Waals surface area contributed by atoms with Crippen molar-refractivity contribution in [3.63, 3.8) is 0 Å². The zero-order valence-electron chi connectivity index (χ0n) is 11.0. The number of fused-ring (bicyclic) bond motifs is 1. The first-order chi connectivity index (χ1) is 8.60. The molecule has 1 atom stereocenters. The van der Waals surface area contributed by atoms with Crippen LogP contribution >= 0.6 is 0 Å². The Morgan fingerprint density at radius 3 is 3.00 bits per heavy atom. The third-order valence-corrected chi connectivity index (χ3v) is 2.90. The van der Waals surface area contributed by atoms with Crippen molar-refractivity contribution >= 4 is 5.84 Å². The Balaban J connectivity index is 2.13. The molecule has 1 aliphatic heterocycles. The van der Waals surface area contributed by atoms with Gasteiger partial charge in [0.1, 0.15) is 5.84 Å². The minimum atomic E-state index is 0.297. The van der Waals surface area contributed by atoms with Crippen molar-refractivity contribution in [2.75, 3.05) is 0 Å². The van der Waals surface area contributed by atoms with Crippen molar-refractivity contribution < 1.29 is 0 Å². The number of hydrogen-bond donors (Lipinski definition) is 2. The van der Waals surface area contributed by atoms with Gasteiger partial charge in [-0.05, 0) is 38.0 Å². The Labute approximate surface area is 108 Å². The summed E-state index contributed by atoms with van der Waals surface area (Å²) in [4.78, 5) is 4.56. The average Bonchev–Trinajstić information content (AvgIpc) is 2.72. The minimum absolute atomic E-state index is 0.297. The number of aliphatic imine (C=N–C) groups is 1. The average molecular weight is 241 g/mol. The molecule has 1 heterocycles. The summed E-state index contributed by atoms with van der Waals surface area (Å²) in [5.74, 6) is 0.902. The van der Waals surface area contributed by atoms with Crippen LogP contribution in [0.15, 0.2) is 65.1 Å². The lowest BCUT2D eigenvalue weighted by atomic mass is 10.0. The highest BCUT2D eigenvalue weighted by molar-refractivity contribution is 6.00. The van der Waals surface area contributed by atoms with Gasteiger partial charge in [-0.25, -0.2) is 4.99 Å². The largest absolute Gasteiger partial charge is 0.361 e. The van der Waals surface area contributed by atoms with Crippen molar-refractivity contribution in [2.24, 2.45) is 4.99 Å². The summed E-state index contributed by atoms with van der Waals surface area (Å²) in [6, 6.07) is 0.297. The molecule has 3 heteroatoms. The maximum Gasteiger partial charge on any atom is 0.129 e. The summed E-state index contributed by atoms with van der Waals surface area (Å²) in [6.45, 7) is 11.6. The van der Waals surface area contributed by atoms with Gasteiger partial charge in [0.25, 0.3) is 0 Å². The molecule has 2 N–H and O–H groups in total. The molecule has 0 radical (unpaired) electrons. The van der Waals surface area contributed by atoms with Crippen LogP contribution in [0.25, 0.3) is 0 Å². The van der Waals surface area contributed by atoms with E-state index in [-0.39, 0.29) is 0 Å². The third-order valence-electron chi connectivity index (χ3n) is 2.90. The zero-order valence-corrected chi connectivity index (χ0v) is 11.0. The standard InChI is InChI=1S/C15H19N3/c1-5-6-11(4)16-12-7-8-13-14(9-12)18-15(17-13)10(2)3/h5-7,9,13,16H,1-2,8H2,3-4H3,(H,17,18)/b11-6+. The lowest BCUT2D eigenvalue weighted by molar-refractivity contribution is 0.709. The maximum absolute atomic E-state index is 4.56. The highest BCUT2D eigenvalue weighted by Crippen LogP contribution is 2.23. The van der Waals surface area contributed by atoms with E-state index in [1.165, 1.54) is 0 Å². The molecule has 0 amide bonds. The molecule has 0 spiro atoms. The Bertz CT molecular complexity index is 504. The van der Waals surface area contributed by atoms with Gasteiger partial charge >= 0.3 is 0 Å². The number of hydrogen-bond acceptors (Lipinski definition) is 3. The SMILES string of the molecule is C=C/C=C(\C)NC1=CCC2NC(C(=C)C)=NC2=C1. The quantitative estimate of drug-likeness (QED) is 0.742. The number of rotatable bonds is 4. The van der Waals surface area contributed by atoms with E-state index in [0.29, 0.717) is 6.04 Å². The van der Waals surface area contributed by atoms with E-state index < -0.39 is 0 Å². The Kier molecular flexibility index (Phi) is 3.51. The summed E-state index contributed by atoms with van der Waals surface area (Å²) in [7, 11) is 0. The van der Waals surface area contributed by atoms with Gasteiger partial charge in [-0.2, -0.15) is 0 Å². The van der Waals surface area contributed by atoms with Crippen molar-refractivity contribution in [1.82, 2.24) is 10.6 Å². The fraction of sp³-hybridized carbons (Fsp3) is 0.267. The van der Waals surface area contributed by atoms with Gasteiger partial charge in [-0.15, -0.1) is 0 Å². The van der Waals surface area contributed by atoms with Crippen molar-refractivity contribution in [2.45, 2.75) is 26.3 Å². The molecule has 0 saturated carbocycles. The van der Waals surface area contributed by atoms with E-state index in [2.05, 4.69) is 40.9 Å². The molecule has 94 valence electrons. The molecule has 0 aromatic carbocycles. The van der Waals surface area contributed by atoms with Crippen LogP contribution in [0.2, 0.25) is 0 Å². The Morgan fingerprint density at radius 2 is 2.33 bits per heavy atom. The van der Waals surface area contributed by atoms with Crippen LogP contribution in [0.1, 0.15) is 20.3 Å². The van der Waals surface area contributed by atoms with Crippen LogP contribution in [-0.2, 0) is 0 Å². The molecule has 0 aromatic heterocycles. The second kappa shape index (κ2) is 5.08. The van der Waals surface area contributed by atoms with E-state index >= 15 is 0 Å². The van der Waals surface area contributed by atoms with Crippen LogP contribution < -0.4 is 10.6 Å². The van der Waals surface area contributed by atoms with Gasteiger partial charge in [0.05, 0.1) is 11.7 Å². The lowest BCUT2D eigenvalue weighted by Gasteiger charge is -2.18. The lowest BCUT2D eigenvalue weighted by Crippen LogP contribution is -2.31. The molecular formula is C15H19N3. The monoisotopic (exact) mass is 241 g/mol. The first kappa shape index (κ1) is 12.4. The topological polar surface area (TPSA) is 36.4 Å². The van der Waals surface area contributed by atoms with Gasteiger partial charge in [-0.1, -0.05) is 25.3 Å². The van der Waals surface area contributed by atoms with E-state index in [1.54, 1.807) is 6.08 Å². The number of nitrogens with zero attached hydrogens (tertiary/aromatic N) is 1. The van der Waals surface area contributed by atoms with Crippen LogP contribution in [0, 0.1) is 0 Å². The summed E-state index contributed by atoms with van der Waals surface area (Å²) in [6.07, 6.45) is 8.92. The molecule has 3 nitrogen and oxygen atoms in total. The zero-order chi connectivity index (χ0) is 13.1. The van der Waals surface area contributed by atoms with Crippen molar-refractivity contribution in [3.8, 4) is 0 Å². The van der Waals surface area contributed by atoms with Crippen LogP contribution in [0.5, 0.6) is 0 Å². The van der Waals surface area contributed by atoms with E-state index in [4.69, 9.17) is 0 Å². The number of allylic oxidation sites excluding steroid dienone is 4. The second-order valence-corrected chi connectivity index (χ2v) is 4.61. The Hall–Kier alpha value is -2.03. The molecule has 1 unspecified atom stereocenters. The van der Waals surface area contributed by atoms with E-state index in [0.717, 1.165) is 34.9 Å². The summed E-state index contributed by atoms with van der Waals surface area (Å²) >= 11 is 0. The molecule has 18 heavy (non-hydrogen) atoms. The smallest absolute Gasteiger partial charge is 0.129 e. The minimum Gasteiger partial charge on any atom is -0.361 e. The van der Waals surface area contributed by atoms with Gasteiger partial charge in [-0.3, -0.25) is 0 Å². The second-order valence-electron chi connectivity index (χ2n) is 4.61. The third kappa shape index (κ3) is 2.62. The summed E-state index contributed by atoms with van der Waals surface area (Å²) in [5, 5.41) is 6.70. The van der Waals surface area contributed by atoms with E-state index in [1.807, 2.05) is 19.9 Å². The predicted octanol–water partition coefficient (Wildman–Crippen LogP) is 2.78. The maximum atomic E-state index is 4.56. The number of nitrogens with one attached hydrogen (secondary N) is 2. The molecule has 1 aliphatic carbocycles. The van der Waals surface area contributed by atoms with Crippen LogP contribution in [0.4, 0.5) is 0 Å². The predicted molar refractivity (Wildman–Crippen MR) is 77.0 cm³/mol. The number of amidine groups is 1. The normalized spacial score (nSPS) is 22.2. The fourth-order valence-corrected chi connectivity index (χ4v) is 2.01. The van der Waals surface area contributed by atoms with Crippen LogP contribution in [-0.4, -0.2) is 11.9 Å². The van der Waals surface area contributed by atoms with Crippen LogP contribution in [0.3, 0.4) is 0 Å². The molecule has 0 fully saturated rings. The molecule has 2 rings (SSSR count). The van der Waals surface area contributed by atoms with E-state index in [9.17, 15) is 0 Å². The van der Waals surface area contributed by atoms with Gasteiger partial charge in [0, 0.05) is 11.4 Å².